The molecular formula is C18H22N4O4. The number of hydrogen-bond donors (Lipinski definition) is 1. The lowest BCUT2D eigenvalue weighted by molar-refractivity contribution is -0.140. The Morgan fingerprint density at radius 2 is 2.12 bits per heavy atom. The maximum atomic E-state index is 12.8. The standard InChI is InChI=1S/C18H22N4O4/c1-12(10-23)16-19-20-17(26-16)15-8-7-14-9-21(15)18(24)22(14)25-11-13-5-3-2-4-6-13/h2-6,12,14-15,23H,7-11H2,1H3. The summed E-state index contributed by atoms with van der Waals surface area (Å²) in [5.41, 5.74) is 1.02. The third-order valence-electron chi connectivity index (χ3n) is 4.97. The molecule has 2 amide bonds. The third kappa shape index (κ3) is 3.06. The molecule has 2 aromatic rings. The van der Waals surface area contributed by atoms with Crippen LogP contribution in [0.4, 0.5) is 4.79 Å². The summed E-state index contributed by atoms with van der Waals surface area (Å²) in [6.07, 6.45) is 1.56. The second-order valence-corrected chi connectivity index (χ2v) is 6.83. The predicted molar refractivity (Wildman–Crippen MR) is 90.7 cm³/mol. The summed E-state index contributed by atoms with van der Waals surface area (Å²) < 4.78 is 5.70. The summed E-state index contributed by atoms with van der Waals surface area (Å²) in [5, 5.41) is 18.8. The van der Waals surface area contributed by atoms with Crippen LogP contribution >= 0.6 is 0 Å². The van der Waals surface area contributed by atoms with Crippen LogP contribution < -0.4 is 0 Å². The molecule has 26 heavy (non-hydrogen) atoms. The van der Waals surface area contributed by atoms with Crippen LogP contribution in [0.1, 0.15) is 49.1 Å². The largest absolute Gasteiger partial charge is 0.423 e. The SMILES string of the molecule is CC(CO)c1nnc(C2CCC3CN2C(=O)N3OCc2ccccc2)o1. The highest BCUT2D eigenvalue weighted by Crippen LogP contribution is 2.38. The van der Waals surface area contributed by atoms with Crippen molar-refractivity contribution in [3.8, 4) is 0 Å². The highest BCUT2D eigenvalue weighted by atomic mass is 16.7. The number of benzene rings is 1. The lowest BCUT2D eigenvalue weighted by atomic mass is 10.0. The lowest BCUT2D eigenvalue weighted by Crippen LogP contribution is -2.34. The number of fused-ring (bicyclic) bond motifs is 2. The van der Waals surface area contributed by atoms with E-state index >= 15 is 0 Å². The molecule has 2 aliphatic heterocycles. The molecule has 0 radical (unpaired) electrons. The van der Waals surface area contributed by atoms with Gasteiger partial charge in [-0.1, -0.05) is 37.3 Å². The first-order valence-electron chi connectivity index (χ1n) is 8.88. The normalized spacial score (nSPS) is 23.5. The van der Waals surface area contributed by atoms with Crippen molar-refractivity contribution in [1.82, 2.24) is 20.2 Å². The van der Waals surface area contributed by atoms with Crippen LogP contribution in [0, 0.1) is 0 Å². The quantitative estimate of drug-likeness (QED) is 0.851. The summed E-state index contributed by atoms with van der Waals surface area (Å²) in [6, 6.07) is 9.42. The van der Waals surface area contributed by atoms with Gasteiger partial charge in [-0.3, -0.25) is 4.84 Å². The molecule has 138 valence electrons. The van der Waals surface area contributed by atoms with Gasteiger partial charge in [0.05, 0.1) is 18.6 Å². The molecule has 2 saturated heterocycles. The van der Waals surface area contributed by atoms with E-state index in [1.165, 1.54) is 5.06 Å². The molecule has 0 spiro atoms. The molecule has 3 atom stereocenters. The molecule has 1 aromatic heterocycles. The molecule has 3 unspecified atom stereocenters. The maximum Gasteiger partial charge on any atom is 0.345 e. The number of nitrogens with zero attached hydrogens (tertiary/aromatic N) is 4. The van der Waals surface area contributed by atoms with E-state index in [1.54, 1.807) is 4.90 Å². The van der Waals surface area contributed by atoms with E-state index in [1.807, 2.05) is 37.3 Å². The number of hydrogen-bond acceptors (Lipinski definition) is 6. The lowest BCUT2D eigenvalue weighted by Gasteiger charge is -2.27. The first-order chi connectivity index (χ1) is 12.7. The molecule has 8 heteroatoms. The van der Waals surface area contributed by atoms with Crippen LogP contribution in [0.2, 0.25) is 0 Å². The van der Waals surface area contributed by atoms with Crippen LogP contribution in [-0.4, -0.2) is 50.5 Å². The highest BCUT2D eigenvalue weighted by molar-refractivity contribution is 5.77. The molecule has 8 nitrogen and oxygen atoms in total. The molecule has 0 aliphatic carbocycles. The Bertz CT molecular complexity index is 766. The van der Waals surface area contributed by atoms with Gasteiger partial charge in [0.2, 0.25) is 11.8 Å². The van der Waals surface area contributed by atoms with E-state index in [4.69, 9.17) is 9.25 Å². The van der Waals surface area contributed by atoms with Gasteiger partial charge in [-0.05, 0) is 18.4 Å². The Hall–Kier alpha value is -2.45. The summed E-state index contributed by atoms with van der Waals surface area (Å²) in [6.45, 7) is 2.71. The Morgan fingerprint density at radius 1 is 1.31 bits per heavy atom. The van der Waals surface area contributed by atoms with Gasteiger partial charge in [0, 0.05) is 6.54 Å². The zero-order valence-electron chi connectivity index (χ0n) is 14.6. The molecule has 4 rings (SSSR count). The maximum absolute atomic E-state index is 12.8. The minimum atomic E-state index is -0.240. The van der Waals surface area contributed by atoms with Crippen LogP contribution in [0.25, 0.3) is 0 Å². The fourth-order valence-corrected chi connectivity index (χ4v) is 3.43. The summed E-state index contributed by atoms with van der Waals surface area (Å²) >= 11 is 0. The van der Waals surface area contributed by atoms with Crippen molar-refractivity contribution < 1.29 is 19.2 Å². The number of urea groups is 1. The van der Waals surface area contributed by atoms with E-state index in [0.29, 0.717) is 24.9 Å². The summed E-state index contributed by atoms with van der Waals surface area (Å²) in [5.74, 6) is 0.609. The minimum absolute atomic E-state index is 0.0428. The summed E-state index contributed by atoms with van der Waals surface area (Å²) in [7, 11) is 0. The number of aliphatic hydroxyl groups excluding tert-OH is 1. The van der Waals surface area contributed by atoms with Gasteiger partial charge in [0.15, 0.2) is 0 Å². The number of rotatable bonds is 6. The fourth-order valence-electron chi connectivity index (χ4n) is 3.43. The Kier molecular flexibility index (Phi) is 4.60. The number of piperidine rings is 1. The van der Waals surface area contributed by atoms with E-state index < -0.39 is 0 Å². The van der Waals surface area contributed by atoms with Crippen molar-refractivity contribution in [2.45, 2.75) is 44.4 Å². The van der Waals surface area contributed by atoms with Gasteiger partial charge in [-0.25, -0.2) is 4.79 Å². The van der Waals surface area contributed by atoms with Crippen LogP contribution in [0.5, 0.6) is 0 Å². The molecule has 2 fully saturated rings. The number of amides is 2. The Morgan fingerprint density at radius 3 is 2.88 bits per heavy atom. The van der Waals surface area contributed by atoms with Gasteiger partial charge in [0.25, 0.3) is 0 Å². The minimum Gasteiger partial charge on any atom is -0.423 e. The zero-order chi connectivity index (χ0) is 18.1. The van der Waals surface area contributed by atoms with Crippen molar-refractivity contribution in [1.29, 1.82) is 0 Å². The average Bonchev–Trinajstić information content (AvgIpc) is 3.26. The van der Waals surface area contributed by atoms with Gasteiger partial charge < -0.3 is 14.4 Å². The predicted octanol–water partition coefficient (Wildman–Crippen LogP) is 2.24. The molecule has 0 saturated carbocycles. The Balaban J connectivity index is 1.45. The number of carbonyl (C=O) groups excluding carboxylic acids is 1. The topological polar surface area (TPSA) is 91.9 Å². The van der Waals surface area contributed by atoms with Crippen molar-refractivity contribution >= 4 is 6.03 Å². The first kappa shape index (κ1) is 17.0. The van der Waals surface area contributed by atoms with Gasteiger partial charge >= 0.3 is 6.03 Å². The zero-order valence-corrected chi connectivity index (χ0v) is 14.6. The second kappa shape index (κ2) is 7.05. The molecule has 3 heterocycles. The number of aromatic nitrogens is 2. The van der Waals surface area contributed by atoms with E-state index in [-0.39, 0.29) is 30.6 Å². The molecule has 2 aliphatic rings. The fraction of sp³-hybridized carbons (Fsp3) is 0.500. The van der Waals surface area contributed by atoms with Crippen molar-refractivity contribution in [3.05, 3.63) is 47.7 Å². The van der Waals surface area contributed by atoms with Crippen LogP contribution in [-0.2, 0) is 11.4 Å². The van der Waals surface area contributed by atoms with Crippen LogP contribution in [0.15, 0.2) is 34.7 Å². The van der Waals surface area contributed by atoms with E-state index in [9.17, 15) is 9.90 Å². The molecule has 2 bridgehead atoms. The van der Waals surface area contributed by atoms with Gasteiger partial charge in [-0.2, -0.15) is 5.06 Å². The van der Waals surface area contributed by atoms with Gasteiger partial charge in [-0.15, -0.1) is 10.2 Å². The summed E-state index contributed by atoms with van der Waals surface area (Å²) in [4.78, 5) is 20.3. The Labute approximate surface area is 151 Å². The van der Waals surface area contributed by atoms with Crippen molar-refractivity contribution in [3.63, 3.8) is 0 Å². The number of aliphatic hydroxyl groups is 1. The van der Waals surface area contributed by atoms with E-state index in [0.717, 1.165) is 18.4 Å². The highest BCUT2D eigenvalue weighted by Gasteiger charge is 2.47. The molecular weight excluding hydrogens is 336 g/mol. The third-order valence-corrected chi connectivity index (χ3v) is 4.97. The van der Waals surface area contributed by atoms with E-state index in [2.05, 4.69) is 10.2 Å². The van der Waals surface area contributed by atoms with Gasteiger partial charge in [0.1, 0.15) is 12.6 Å². The second-order valence-electron chi connectivity index (χ2n) is 6.83. The molecule has 1 N–H and O–H groups in total. The van der Waals surface area contributed by atoms with Crippen molar-refractivity contribution in [2.24, 2.45) is 0 Å². The number of carbonyl (C=O) groups is 1. The first-order valence-corrected chi connectivity index (χ1v) is 8.88. The molecule has 1 aromatic carbocycles. The monoisotopic (exact) mass is 358 g/mol. The van der Waals surface area contributed by atoms with Crippen LogP contribution in [0.3, 0.4) is 0 Å². The average molecular weight is 358 g/mol. The smallest absolute Gasteiger partial charge is 0.345 e. The number of hydroxylamine groups is 2. The van der Waals surface area contributed by atoms with Crippen molar-refractivity contribution in [2.75, 3.05) is 13.2 Å².